The van der Waals surface area contributed by atoms with E-state index < -0.39 is 0 Å². The summed E-state index contributed by atoms with van der Waals surface area (Å²) < 4.78 is 1.98. The summed E-state index contributed by atoms with van der Waals surface area (Å²) in [6.07, 6.45) is 5.72. The normalized spacial score (nSPS) is 18.5. The monoisotopic (exact) mass is 244 g/mol. The van der Waals surface area contributed by atoms with E-state index in [1.54, 1.807) is 0 Å². The Kier molecular flexibility index (Phi) is 2.96. The predicted molar refractivity (Wildman–Crippen MR) is 73.5 cm³/mol. The van der Waals surface area contributed by atoms with Crippen molar-refractivity contribution in [1.82, 2.24) is 14.3 Å². The zero-order chi connectivity index (χ0) is 12.5. The first-order valence-corrected chi connectivity index (χ1v) is 6.63. The van der Waals surface area contributed by atoms with Gasteiger partial charge in [0, 0.05) is 6.20 Å². The van der Waals surface area contributed by atoms with Crippen LogP contribution in [0.5, 0.6) is 0 Å². The molecular weight excluding hydrogens is 224 g/mol. The second-order valence-electron chi connectivity index (χ2n) is 5.36. The number of nitrogens with zero attached hydrogens (tertiary/aromatic N) is 3. The van der Waals surface area contributed by atoms with Crippen LogP contribution in [0.25, 0.3) is 5.65 Å². The molecule has 1 aliphatic heterocycles. The highest BCUT2D eigenvalue weighted by atomic mass is 15.1. The van der Waals surface area contributed by atoms with Crippen molar-refractivity contribution < 1.29 is 0 Å². The van der Waals surface area contributed by atoms with Gasteiger partial charge in [-0.15, -0.1) is 0 Å². The van der Waals surface area contributed by atoms with Crippen LogP contribution < -0.4 is 5.73 Å². The van der Waals surface area contributed by atoms with Gasteiger partial charge in [-0.3, -0.25) is 4.40 Å². The van der Waals surface area contributed by atoms with E-state index in [0.29, 0.717) is 0 Å². The molecule has 1 saturated heterocycles. The highest BCUT2D eigenvalue weighted by molar-refractivity contribution is 5.48. The lowest BCUT2D eigenvalue weighted by atomic mass is 9.93. The van der Waals surface area contributed by atoms with Gasteiger partial charge in [-0.2, -0.15) is 0 Å². The Bertz CT molecular complexity index is 538. The van der Waals surface area contributed by atoms with Crippen LogP contribution in [0.4, 0.5) is 5.82 Å². The van der Waals surface area contributed by atoms with Gasteiger partial charge in [-0.1, -0.05) is 6.07 Å². The van der Waals surface area contributed by atoms with Crippen LogP contribution in [-0.2, 0) is 6.42 Å². The van der Waals surface area contributed by atoms with E-state index in [1.807, 2.05) is 22.6 Å². The van der Waals surface area contributed by atoms with Crippen molar-refractivity contribution in [2.45, 2.75) is 19.3 Å². The molecule has 0 radical (unpaired) electrons. The third-order valence-corrected chi connectivity index (χ3v) is 3.91. The van der Waals surface area contributed by atoms with Crippen molar-refractivity contribution in [3.8, 4) is 0 Å². The van der Waals surface area contributed by atoms with Crippen molar-refractivity contribution in [2.75, 3.05) is 25.9 Å². The van der Waals surface area contributed by atoms with Gasteiger partial charge in [0.05, 0.1) is 5.69 Å². The van der Waals surface area contributed by atoms with Crippen molar-refractivity contribution in [3.63, 3.8) is 0 Å². The molecular formula is C14H20N4. The molecule has 2 aromatic rings. The second kappa shape index (κ2) is 4.61. The molecule has 0 amide bonds. The number of piperidine rings is 1. The number of nitrogen functional groups attached to an aromatic ring is 1. The first-order chi connectivity index (χ1) is 8.72. The van der Waals surface area contributed by atoms with Gasteiger partial charge in [0.25, 0.3) is 0 Å². The fraction of sp³-hybridized carbons (Fsp3) is 0.500. The Morgan fingerprint density at radius 3 is 2.83 bits per heavy atom. The average Bonchev–Trinajstić information content (AvgIpc) is 2.76. The maximum Gasteiger partial charge on any atom is 0.138 e. The third kappa shape index (κ3) is 2.20. The molecule has 96 valence electrons. The summed E-state index contributed by atoms with van der Waals surface area (Å²) in [4.78, 5) is 7.06. The minimum absolute atomic E-state index is 0.759. The zero-order valence-corrected chi connectivity index (χ0v) is 10.8. The lowest BCUT2D eigenvalue weighted by Gasteiger charge is -2.28. The molecule has 0 unspecified atom stereocenters. The smallest absolute Gasteiger partial charge is 0.138 e. The highest BCUT2D eigenvalue weighted by Crippen LogP contribution is 2.21. The fourth-order valence-electron chi connectivity index (χ4n) is 2.74. The maximum absolute atomic E-state index is 5.94. The summed E-state index contributed by atoms with van der Waals surface area (Å²) in [5, 5.41) is 0. The van der Waals surface area contributed by atoms with E-state index >= 15 is 0 Å². The van der Waals surface area contributed by atoms with Crippen LogP contribution in [0.2, 0.25) is 0 Å². The number of rotatable bonds is 2. The Balaban J connectivity index is 1.77. The van der Waals surface area contributed by atoms with Gasteiger partial charge in [0.1, 0.15) is 11.5 Å². The summed E-state index contributed by atoms with van der Waals surface area (Å²) in [7, 11) is 2.20. The summed E-state index contributed by atoms with van der Waals surface area (Å²) in [6, 6.07) is 5.87. The van der Waals surface area contributed by atoms with E-state index in [4.69, 9.17) is 5.73 Å². The molecule has 0 atom stereocenters. The third-order valence-electron chi connectivity index (χ3n) is 3.91. The molecule has 0 bridgehead atoms. The molecule has 0 aliphatic carbocycles. The van der Waals surface area contributed by atoms with Crippen molar-refractivity contribution in [1.29, 1.82) is 0 Å². The quantitative estimate of drug-likeness (QED) is 0.876. The van der Waals surface area contributed by atoms with Crippen molar-refractivity contribution in [3.05, 3.63) is 30.1 Å². The number of pyridine rings is 1. The van der Waals surface area contributed by atoms with Gasteiger partial charge in [0.15, 0.2) is 0 Å². The molecule has 4 nitrogen and oxygen atoms in total. The fourth-order valence-corrected chi connectivity index (χ4v) is 2.74. The number of hydrogen-bond donors (Lipinski definition) is 1. The number of fused-ring (bicyclic) bond motifs is 1. The zero-order valence-electron chi connectivity index (χ0n) is 10.8. The molecule has 3 heterocycles. The number of likely N-dealkylation sites (tertiary alicyclic amines) is 1. The van der Waals surface area contributed by atoms with Gasteiger partial charge in [-0.05, 0) is 57.5 Å². The van der Waals surface area contributed by atoms with Gasteiger partial charge in [-0.25, -0.2) is 4.98 Å². The number of anilines is 1. The number of aromatic nitrogens is 2. The maximum atomic E-state index is 5.94. The van der Waals surface area contributed by atoms with E-state index in [-0.39, 0.29) is 0 Å². The minimum Gasteiger partial charge on any atom is -0.385 e. The van der Waals surface area contributed by atoms with E-state index in [0.717, 1.165) is 23.8 Å². The molecule has 2 aromatic heterocycles. The highest BCUT2D eigenvalue weighted by Gasteiger charge is 2.18. The molecule has 3 rings (SSSR count). The molecule has 0 saturated carbocycles. The van der Waals surface area contributed by atoms with Gasteiger partial charge >= 0.3 is 0 Å². The van der Waals surface area contributed by atoms with Crippen LogP contribution in [0.1, 0.15) is 18.5 Å². The van der Waals surface area contributed by atoms with E-state index in [9.17, 15) is 0 Å². The number of imidazole rings is 1. The van der Waals surface area contributed by atoms with Crippen LogP contribution >= 0.6 is 0 Å². The Morgan fingerprint density at radius 1 is 1.33 bits per heavy atom. The molecule has 2 N–H and O–H groups in total. The minimum atomic E-state index is 0.759. The van der Waals surface area contributed by atoms with Crippen LogP contribution in [-0.4, -0.2) is 34.4 Å². The van der Waals surface area contributed by atoms with Crippen LogP contribution in [0, 0.1) is 5.92 Å². The van der Waals surface area contributed by atoms with Crippen molar-refractivity contribution >= 4 is 11.5 Å². The topological polar surface area (TPSA) is 46.6 Å². The summed E-state index contributed by atoms with van der Waals surface area (Å²) in [5.41, 5.74) is 8.06. The first kappa shape index (κ1) is 11.5. The van der Waals surface area contributed by atoms with E-state index in [2.05, 4.69) is 23.1 Å². The predicted octanol–water partition coefficient (Wildman–Crippen LogP) is 1.80. The molecule has 0 aromatic carbocycles. The molecule has 1 aliphatic rings. The Labute approximate surface area is 107 Å². The van der Waals surface area contributed by atoms with Crippen molar-refractivity contribution in [2.24, 2.45) is 5.92 Å². The Hall–Kier alpha value is -1.55. The lowest BCUT2D eigenvalue weighted by molar-refractivity contribution is 0.218. The van der Waals surface area contributed by atoms with Crippen LogP contribution in [0.15, 0.2) is 24.4 Å². The molecule has 1 fully saturated rings. The summed E-state index contributed by atoms with van der Waals surface area (Å²) in [5.74, 6) is 1.53. The van der Waals surface area contributed by atoms with Gasteiger partial charge < -0.3 is 10.6 Å². The number of nitrogens with two attached hydrogens (primary N) is 1. The standard InChI is InChI=1S/C14H20N4/c1-17-7-5-11(6-8-17)9-12-10-18-13(15)3-2-4-14(18)16-12/h2-4,10-11H,5-9,15H2,1H3. The molecule has 0 spiro atoms. The largest absolute Gasteiger partial charge is 0.385 e. The summed E-state index contributed by atoms with van der Waals surface area (Å²) in [6.45, 7) is 2.42. The SMILES string of the molecule is CN1CCC(Cc2cn3c(N)cccc3n2)CC1. The average molecular weight is 244 g/mol. The van der Waals surface area contributed by atoms with Gasteiger partial charge in [0.2, 0.25) is 0 Å². The number of hydrogen-bond acceptors (Lipinski definition) is 3. The molecule has 18 heavy (non-hydrogen) atoms. The first-order valence-electron chi connectivity index (χ1n) is 6.63. The second-order valence-corrected chi connectivity index (χ2v) is 5.36. The Morgan fingerprint density at radius 2 is 2.11 bits per heavy atom. The molecule has 4 heteroatoms. The van der Waals surface area contributed by atoms with Crippen LogP contribution in [0.3, 0.4) is 0 Å². The van der Waals surface area contributed by atoms with E-state index in [1.165, 1.54) is 31.6 Å². The summed E-state index contributed by atoms with van der Waals surface area (Å²) >= 11 is 0. The lowest BCUT2D eigenvalue weighted by Crippen LogP contribution is -2.30.